The van der Waals surface area contributed by atoms with E-state index in [4.69, 9.17) is 0 Å². The number of hydrogen-bond donors (Lipinski definition) is 0. The van der Waals surface area contributed by atoms with Gasteiger partial charge >= 0.3 is 5.97 Å². The van der Waals surface area contributed by atoms with Gasteiger partial charge in [0.2, 0.25) is 0 Å². The maximum Gasteiger partial charge on any atom is 0.330 e. The van der Waals surface area contributed by atoms with E-state index in [1.807, 2.05) is 6.92 Å². The van der Waals surface area contributed by atoms with E-state index in [-0.39, 0.29) is 0 Å². The summed E-state index contributed by atoms with van der Waals surface area (Å²) in [5.41, 5.74) is 0.486. The average Bonchev–Trinajstić information content (AvgIpc) is 2.03. The normalized spacial score (nSPS) is 10.9. The predicted molar refractivity (Wildman–Crippen MR) is 41.1 cm³/mol. The second-order valence-corrected chi connectivity index (χ2v) is 2.11. The molecule has 0 rings (SSSR count). The van der Waals surface area contributed by atoms with Crippen molar-refractivity contribution >= 4 is 12.3 Å². The number of esters is 1. The number of aldehydes is 1. The van der Waals surface area contributed by atoms with Gasteiger partial charge in [-0.3, -0.25) is 4.79 Å². The number of rotatable bonds is 4. The van der Waals surface area contributed by atoms with Crippen LogP contribution in [0.1, 0.15) is 19.8 Å². The minimum absolute atomic E-state index is 0.472. The summed E-state index contributed by atoms with van der Waals surface area (Å²) < 4.78 is 4.35. The fourth-order valence-electron chi connectivity index (χ4n) is 0.664. The van der Waals surface area contributed by atoms with E-state index >= 15 is 0 Å². The smallest absolute Gasteiger partial charge is 0.330 e. The third-order valence-corrected chi connectivity index (χ3v) is 1.19. The summed E-state index contributed by atoms with van der Waals surface area (Å²) in [4.78, 5) is 20.9. The molecule has 0 saturated heterocycles. The van der Waals surface area contributed by atoms with E-state index in [0.717, 1.165) is 6.42 Å². The van der Waals surface area contributed by atoms with Crippen LogP contribution in [-0.2, 0) is 14.3 Å². The molecule has 0 aromatic carbocycles. The summed E-state index contributed by atoms with van der Waals surface area (Å²) in [7, 11) is 1.28. The zero-order valence-corrected chi connectivity index (χ0v) is 6.79. The van der Waals surface area contributed by atoms with Crippen LogP contribution in [0.4, 0.5) is 0 Å². The van der Waals surface area contributed by atoms with Crippen LogP contribution in [0.15, 0.2) is 11.6 Å². The Morgan fingerprint density at radius 1 is 1.55 bits per heavy atom. The summed E-state index contributed by atoms with van der Waals surface area (Å²) in [6, 6.07) is 0. The minimum Gasteiger partial charge on any atom is -0.466 e. The number of hydrogen-bond acceptors (Lipinski definition) is 3. The Balaban J connectivity index is 4.10. The SMILES string of the molecule is CCC/C(C=O)=C/C(=O)OC. The lowest BCUT2D eigenvalue weighted by molar-refractivity contribution is -0.135. The van der Waals surface area contributed by atoms with Crippen LogP contribution in [0.25, 0.3) is 0 Å². The molecule has 0 aromatic rings. The molecule has 0 spiro atoms. The van der Waals surface area contributed by atoms with Crippen molar-refractivity contribution in [1.82, 2.24) is 0 Å². The van der Waals surface area contributed by atoms with Gasteiger partial charge in [0.1, 0.15) is 6.29 Å². The highest BCUT2D eigenvalue weighted by atomic mass is 16.5. The second-order valence-electron chi connectivity index (χ2n) is 2.11. The van der Waals surface area contributed by atoms with Gasteiger partial charge in [-0.2, -0.15) is 0 Å². The average molecular weight is 156 g/mol. The molecule has 0 fully saturated rings. The topological polar surface area (TPSA) is 43.4 Å². The van der Waals surface area contributed by atoms with Gasteiger partial charge in [-0.15, -0.1) is 0 Å². The summed E-state index contributed by atoms with van der Waals surface area (Å²) in [6.45, 7) is 1.94. The molecule has 0 aromatic heterocycles. The maximum atomic E-state index is 10.6. The Bertz CT molecular complexity index is 170. The summed E-state index contributed by atoms with van der Waals surface area (Å²) in [5, 5.41) is 0. The lowest BCUT2D eigenvalue weighted by Gasteiger charge is -1.94. The second kappa shape index (κ2) is 5.65. The van der Waals surface area contributed by atoms with Gasteiger partial charge in [0, 0.05) is 6.08 Å². The van der Waals surface area contributed by atoms with Gasteiger partial charge in [-0.05, 0) is 12.0 Å². The van der Waals surface area contributed by atoms with Gasteiger partial charge in [-0.25, -0.2) is 4.79 Å². The molecule has 0 N–H and O–H groups in total. The number of carbonyl (C=O) groups is 2. The molecule has 0 radical (unpaired) electrons. The molecule has 0 unspecified atom stereocenters. The predicted octanol–water partition coefficient (Wildman–Crippen LogP) is 1.08. The van der Waals surface area contributed by atoms with Crippen LogP contribution < -0.4 is 0 Å². The van der Waals surface area contributed by atoms with Gasteiger partial charge < -0.3 is 4.74 Å². The van der Waals surface area contributed by atoms with E-state index in [1.54, 1.807) is 0 Å². The van der Waals surface area contributed by atoms with Crippen molar-refractivity contribution in [3.63, 3.8) is 0 Å². The van der Waals surface area contributed by atoms with E-state index < -0.39 is 5.97 Å². The highest BCUT2D eigenvalue weighted by molar-refractivity contribution is 5.89. The van der Waals surface area contributed by atoms with Gasteiger partial charge in [-0.1, -0.05) is 13.3 Å². The van der Waals surface area contributed by atoms with Crippen molar-refractivity contribution in [2.75, 3.05) is 7.11 Å². The first-order chi connectivity index (χ1) is 5.24. The van der Waals surface area contributed by atoms with Gasteiger partial charge in [0.05, 0.1) is 7.11 Å². The first kappa shape index (κ1) is 9.88. The summed E-state index contributed by atoms with van der Waals surface area (Å²) in [6.07, 6.45) is 3.37. The van der Waals surface area contributed by atoms with Gasteiger partial charge in [0.15, 0.2) is 0 Å². The third kappa shape index (κ3) is 4.31. The molecule has 3 heteroatoms. The van der Waals surface area contributed by atoms with Gasteiger partial charge in [0.25, 0.3) is 0 Å². The maximum absolute atomic E-state index is 10.6. The Kier molecular flexibility index (Phi) is 5.07. The van der Waals surface area contributed by atoms with Crippen LogP contribution in [0.5, 0.6) is 0 Å². The zero-order chi connectivity index (χ0) is 8.69. The van der Waals surface area contributed by atoms with E-state index in [9.17, 15) is 9.59 Å². The van der Waals surface area contributed by atoms with Crippen molar-refractivity contribution < 1.29 is 14.3 Å². The highest BCUT2D eigenvalue weighted by Crippen LogP contribution is 2.00. The molecule has 3 nitrogen and oxygen atoms in total. The molecule has 0 saturated carbocycles. The van der Waals surface area contributed by atoms with Crippen molar-refractivity contribution in [2.45, 2.75) is 19.8 Å². The fraction of sp³-hybridized carbons (Fsp3) is 0.500. The Morgan fingerprint density at radius 3 is 2.55 bits per heavy atom. The number of methoxy groups -OCH3 is 1. The zero-order valence-electron chi connectivity index (χ0n) is 6.79. The molecule has 0 aliphatic rings. The molecule has 0 atom stereocenters. The monoisotopic (exact) mass is 156 g/mol. The van der Waals surface area contributed by atoms with E-state index in [0.29, 0.717) is 18.3 Å². The molecule has 62 valence electrons. The lowest BCUT2D eigenvalue weighted by Crippen LogP contribution is -1.97. The molecule has 11 heavy (non-hydrogen) atoms. The first-order valence-electron chi connectivity index (χ1n) is 3.48. The molecule has 0 aliphatic heterocycles. The number of allylic oxidation sites excluding steroid dienone is 1. The van der Waals surface area contributed by atoms with Crippen LogP contribution in [0, 0.1) is 0 Å². The molecule has 0 aliphatic carbocycles. The van der Waals surface area contributed by atoms with Crippen LogP contribution in [0.2, 0.25) is 0 Å². The van der Waals surface area contributed by atoms with Crippen LogP contribution in [-0.4, -0.2) is 19.4 Å². The van der Waals surface area contributed by atoms with Crippen LogP contribution in [0.3, 0.4) is 0 Å². The molecule has 0 bridgehead atoms. The fourth-order valence-corrected chi connectivity index (χ4v) is 0.664. The Hall–Kier alpha value is -1.12. The van der Waals surface area contributed by atoms with Crippen molar-refractivity contribution in [2.24, 2.45) is 0 Å². The Morgan fingerprint density at radius 2 is 2.18 bits per heavy atom. The standard InChI is InChI=1S/C8H12O3/c1-3-4-7(6-9)5-8(10)11-2/h5-6H,3-4H2,1-2H3/b7-5-. The van der Waals surface area contributed by atoms with E-state index in [1.165, 1.54) is 13.2 Å². The van der Waals surface area contributed by atoms with Crippen molar-refractivity contribution in [3.05, 3.63) is 11.6 Å². The quantitative estimate of drug-likeness (QED) is 0.347. The van der Waals surface area contributed by atoms with Crippen LogP contribution >= 0.6 is 0 Å². The lowest BCUT2D eigenvalue weighted by atomic mass is 10.1. The Labute approximate surface area is 66.0 Å². The molecular formula is C8H12O3. The highest BCUT2D eigenvalue weighted by Gasteiger charge is 1.98. The molecule has 0 heterocycles. The third-order valence-electron chi connectivity index (χ3n) is 1.19. The largest absolute Gasteiger partial charge is 0.466 e. The summed E-state index contributed by atoms with van der Waals surface area (Å²) in [5.74, 6) is -0.472. The van der Waals surface area contributed by atoms with Crippen molar-refractivity contribution in [1.29, 1.82) is 0 Å². The first-order valence-corrected chi connectivity index (χ1v) is 3.48. The van der Waals surface area contributed by atoms with E-state index in [2.05, 4.69) is 4.74 Å². The number of carbonyl (C=O) groups excluding carboxylic acids is 2. The van der Waals surface area contributed by atoms with Crippen molar-refractivity contribution in [3.8, 4) is 0 Å². The molecular weight excluding hydrogens is 144 g/mol. The minimum atomic E-state index is -0.472. The molecule has 0 amide bonds. The summed E-state index contributed by atoms with van der Waals surface area (Å²) >= 11 is 0. The number of ether oxygens (including phenoxy) is 1.